The smallest absolute Gasteiger partial charge is 0.249 e. The second kappa shape index (κ2) is 6.14. The Hall–Kier alpha value is -0.910. The Morgan fingerprint density at radius 1 is 1.65 bits per heavy atom. The van der Waals surface area contributed by atoms with E-state index in [-0.39, 0.29) is 5.91 Å². The first-order chi connectivity index (χ1) is 8.25. The molecular weight excluding hydrogens is 236 g/mol. The van der Waals surface area contributed by atoms with E-state index in [0.717, 1.165) is 37.6 Å². The van der Waals surface area contributed by atoms with Crippen LogP contribution in [0.3, 0.4) is 0 Å². The number of nitrogens with two attached hydrogens (primary N) is 1. The van der Waals surface area contributed by atoms with E-state index >= 15 is 0 Å². The molecule has 1 unspecified atom stereocenters. The highest BCUT2D eigenvalue weighted by atomic mass is 32.1. The van der Waals surface area contributed by atoms with Crippen molar-refractivity contribution in [1.29, 1.82) is 0 Å². The van der Waals surface area contributed by atoms with Gasteiger partial charge >= 0.3 is 0 Å². The number of primary amides is 1. The number of ether oxygens (including phenoxy) is 1. The van der Waals surface area contributed by atoms with Gasteiger partial charge in [0, 0.05) is 30.0 Å². The highest BCUT2D eigenvalue weighted by Gasteiger charge is 2.13. The van der Waals surface area contributed by atoms with Crippen molar-refractivity contribution < 1.29 is 9.53 Å². The molecule has 1 saturated heterocycles. The Morgan fingerprint density at radius 2 is 2.53 bits per heavy atom. The lowest BCUT2D eigenvalue weighted by Gasteiger charge is -2.22. The van der Waals surface area contributed by atoms with E-state index in [0.29, 0.717) is 11.5 Å². The fourth-order valence-electron chi connectivity index (χ4n) is 1.97. The first-order valence-electron chi connectivity index (χ1n) is 5.91. The molecule has 1 amide bonds. The summed E-state index contributed by atoms with van der Waals surface area (Å²) in [5, 5.41) is 5.21. The maximum Gasteiger partial charge on any atom is 0.249 e. The molecule has 1 atom stereocenters. The number of carbonyl (C=O) groups excluding carboxylic acids is 1. The van der Waals surface area contributed by atoms with Crippen molar-refractivity contribution in [3.8, 4) is 0 Å². The van der Waals surface area contributed by atoms with Crippen LogP contribution >= 0.6 is 11.3 Å². The summed E-state index contributed by atoms with van der Waals surface area (Å²) in [6, 6.07) is 1.86. The molecule has 1 aromatic rings. The molecule has 0 aromatic carbocycles. The molecule has 0 radical (unpaired) electrons. The molecule has 2 heterocycles. The van der Waals surface area contributed by atoms with E-state index < -0.39 is 0 Å². The van der Waals surface area contributed by atoms with Crippen LogP contribution in [-0.2, 0) is 11.3 Å². The van der Waals surface area contributed by atoms with Crippen molar-refractivity contribution in [1.82, 2.24) is 5.32 Å². The lowest BCUT2D eigenvalue weighted by Crippen LogP contribution is -2.28. The standard InChI is InChI=1S/C12H18N2O2S/c13-12(15)10-4-11(17-8-10)6-14-5-9-2-1-3-16-7-9/h4,8-9,14H,1-3,5-7H2,(H2,13,15). The Labute approximate surface area is 105 Å². The number of carbonyl (C=O) groups is 1. The van der Waals surface area contributed by atoms with Gasteiger partial charge in [0.2, 0.25) is 5.91 Å². The van der Waals surface area contributed by atoms with Crippen LogP contribution in [0, 0.1) is 5.92 Å². The Bertz CT molecular complexity index is 372. The number of rotatable bonds is 5. The number of hydrogen-bond acceptors (Lipinski definition) is 4. The predicted molar refractivity (Wildman–Crippen MR) is 68.1 cm³/mol. The SMILES string of the molecule is NC(=O)c1csc(CNCC2CCCOC2)c1. The molecule has 0 spiro atoms. The van der Waals surface area contributed by atoms with Gasteiger partial charge in [0.05, 0.1) is 12.2 Å². The minimum Gasteiger partial charge on any atom is -0.381 e. The Morgan fingerprint density at radius 3 is 3.18 bits per heavy atom. The zero-order chi connectivity index (χ0) is 12.1. The van der Waals surface area contributed by atoms with Gasteiger partial charge in [-0.3, -0.25) is 4.79 Å². The second-order valence-electron chi connectivity index (χ2n) is 4.38. The Kier molecular flexibility index (Phi) is 4.53. The van der Waals surface area contributed by atoms with Crippen molar-refractivity contribution in [3.63, 3.8) is 0 Å². The largest absolute Gasteiger partial charge is 0.381 e. The van der Waals surface area contributed by atoms with Crippen molar-refractivity contribution in [2.24, 2.45) is 11.7 Å². The molecule has 2 rings (SSSR count). The zero-order valence-corrected chi connectivity index (χ0v) is 10.6. The summed E-state index contributed by atoms with van der Waals surface area (Å²) in [7, 11) is 0. The van der Waals surface area contributed by atoms with Crippen LogP contribution < -0.4 is 11.1 Å². The number of nitrogens with one attached hydrogen (secondary N) is 1. The molecule has 94 valence electrons. The molecule has 1 aromatic heterocycles. The first-order valence-corrected chi connectivity index (χ1v) is 6.79. The van der Waals surface area contributed by atoms with Crippen molar-refractivity contribution in [2.45, 2.75) is 19.4 Å². The van der Waals surface area contributed by atoms with Crippen LogP contribution in [0.25, 0.3) is 0 Å². The highest BCUT2D eigenvalue weighted by Crippen LogP contribution is 2.15. The summed E-state index contributed by atoms with van der Waals surface area (Å²) in [6.45, 7) is 3.55. The molecule has 0 saturated carbocycles. The van der Waals surface area contributed by atoms with Gasteiger partial charge in [0.1, 0.15) is 0 Å². The maximum atomic E-state index is 10.9. The molecule has 1 aliphatic heterocycles. The summed E-state index contributed by atoms with van der Waals surface area (Å²) < 4.78 is 5.42. The minimum atomic E-state index is -0.354. The van der Waals surface area contributed by atoms with Gasteiger partial charge in [-0.2, -0.15) is 0 Å². The lowest BCUT2D eigenvalue weighted by atomic mass is 10.0. The van der Waals surface area contributed by atoms with Crippen LogP contribution in [0.2, 0.25) is 0 Å². The fourth-order valence-corrected chi connectivity index (χ4v) is 2.81. The van der Waals surface area contributed by atoms with E-state index in [9.17, 15) is 4.79 Å². The summed E-state index contributed by atoms with van der Waals surface area (Å²) in [4.78, 5) is 12.1. The van der Waals surface area contributed by atoms with Crippen LogP contribution in [0.5, 0.6) is 0 Å². The molecule has 3 N–H and O–H groups in total. The second-order valence-corrected chi connectivity index (χ2v) is 5.38. The van der Waals surface area contributed by atoms with Crippen LogP contribution in [-0.4, -0.2) is 25.7 Å². The monoisotopic (exact) mass is 254 g/mol. The minimum absolute atomic E-state index is 0.354. The summed E-state index contributed by atoms with van der Waals surface area (Å²) >= 11 is 1.57. The van der Waals surface area contributed by atoms with Crippen molar-refractivity contribution in [3.05, 3.63) is 21.9 Å². The van der Waals surface area contributed by atoms with E-state index in [1.807, 2.05) is 11.4 Å². The number of thiophene rings is 1. The molecule has 1 aliphatic rings. The average molecular weight is 254 g/mol. The van der Waals surface area contributed by atoms with Gasteiger partial charge in [-0.25, -0.2) is 0 Å². The van der Waals surface area contributed by atoms with E-state index in [2.05, 4.69) is 5.32 Å². The number of amides is 1. The predicted octanol–water partition coefficient (Wildman–Crippen LogP) is 1.36. The summed E-state index contributed by atoms with van der Waals surface area (Å²) in [5.74, 6) is 0.271. The first kappa shape index (κ1) is 12.5. The third-order valence-corrected chi connectivity index (χ3v) is 3.86. The van der Waals surface area contributed by atoms with Gasteiger partial charge in [-0.15, -0.1) is 11.3 Å². The fraction of sp³-hybridized carbons (Fsp3) is 0.583. The average Bonchev–Trinajstić information content (AvgIpc) is 2.79. The summed E-state index contributed by atoms with van der Waals surface area (Å²) in [5.41, 5.74) is 5.81. The normalized spacial score (nSPS) is 20.4. The molecular formula is C12H18N2O2S. The Balaban J connectivity index is 1.71. The van der Waals surface area contributed by atoms with E-state index in [1.165, 1.54) is 6.42 Å². The molecule has 17 heavy (non-hydrogen) atoms. The molecule has 0 bridgehead atoms. The van der Waals surface area contributed by atoms with Crippen molar-refractivity contribution in [2.75, 3.05) is 19.8 Å². The lowest BCUT2D eigenvalue weighted by molar-refractivity contribution is 0.0548. The third-order valence-electron chi connectivity index (χ3n) is 2.93. The molecule has 4 nitrogen and oxygen atoms in total. The highest BCUT2D eigenvalue weighted by molar-refractivity contribution is 7.10. The zero-order valence-electron chi connectivity index (χ0n) is 9.78. The van der Waals surface area contributed by atoms with Crippen LogP contribution in [0.15, 0.2) is 11.4 Å². The molecule has 5 heteroatoms. The van der Waals surface area contributed by atoms with Crippen LogP contribution in [0.4, 0.5) is 0 Å². The van der Waals surface area contributed by atoms with Crippen molar-refractivity contribution >= 4 is 17.2 Å². The maximum absolute atomic E-state index is 10.9. The van der Waals surface area contributed by atoms with E-state index in [4.69, 9.17) is 10.5 Å². The van der Waals surface area contributed by atoms with E-state index in [1.54, 1.807) is 11.3 Å². The quantitative estimate of drug-likeness (QED) is 0.834. The van der Waals surface area contributed by atoms with Gasteiger partial charge in [0.25, 0.3) is 0 Å². The van der Waals surface area contributed by atoms with Gasteiger partial charge in [0.15, 0.2) is 0 Å². The number of hydrogen-bond donors (Lipinski definition) is 2. The summed E-state index contributed by atoms with van der Waals surface area (Å²) in [6.07, 6.45) is 2.40. The van der Waals surface area contributed by atoms with Crippen LogP contribution in [0.1, 0.15) is 28.1 Å². The third kappa shape index (κ3) is 3.80. The van der Waals surface area contributed by atoms with Gasteiger partial charge in [-0.05, 0) is 24.8 Å². The van der Waals surface area contributed by atoms with Gasteiger partial charge < -0.3 is 15.8 Å². The topological polar surface area (TPSA) is 64.4 Å². The van der Waals surface area contributed by atoms with Gasteiger partial charge in [-0.1, -0.05) is 0 Å². The molecule has 1 fully saturated rings. The molecule has 0 aliphatic carbocycles.